The first-order valence-electron chi connectivity index (χ1n) is 23.2. The standard InChI is InChI=1S/C46H34N4O2.2C7H8O3S/c1-49-27-3-5-37-23-25-41(29-43(37)49)47-45(51)39-19-15-35(16-20-39)33-11-7-31(8-12-33)32-9-13-34(14-10-32)36-17-21-40(22-18-36)46(52)48-42-26-24-38-6-4-28-50(2)44(38)30-42;2*1-6-2-4-7(5-3-6)11(8,9)10/h3-30H,1-2H3;2*2-5H,1H3,(H,8,9,10). The molecule has 0 fully saturated rings. The summed E-state index contributed by atoms with van der Waals surface area (Å²) in [6.45, 7) is 3.64. The number of benzene rings is 8. The van der Waals surface area contributed by atoms with Gasteiger partial charge in [0.2, 0.25) is 11.0 Å². The molecule has 8 aromatic carbocycles. The Morgan fingerprint density at radius 1 is 0.392 bits per heavy atom. The third-order valence-electron chi connectivity index (χ3n) is 12.2. The summed E-state index contributed by atoms with van der Waals surface area (Å²) in [6, 6.07) is 63.8. The minimum absolute atomic E-state index is 0.143. The van der Waals surface area contributed by atoms with Crippen LogP contribution in [0.2, 0.25) is 0 Å². The van der Waals surface area contributed by atoms with Crippen molar-refractivity contribution in [3.63, 3.8) is 0 Å². The first kappa shape index (κ1) is 51.7. The molecule has 0 aliphatic heterocycles. The summed E-state index contributed by atoms with van der Waals surface area (Å²) in [5.74, 6) is -0.285. The number of hydrogen-bond acceptors (Lipinski definition) is 8. The highest BCUT2D eigenvalue weighted by atomic mass is 32.2. The van der Waals surface area contributed by atoms with Crippen LogP contribution < -0.4 is 19.8 Å². The van der Waals surface area contributed by atoms with E-state index in [-0.39, 0.29) is 21.6 Å². The molecule has 14 heteroatoms. The number of amides is 2. The lowest BCUT2D eigenvalue weighted by Crippen LogP contribution is -2.27. The van der Waals surface area contributed by atoms with Crippen molar-refractivity contribution < 1.29 is 44.7 Å². The molecular formula is C60H50N4O8S2. The van der Waals surface area contributed by atoms with Gasteiger partial charge in [0.25, 0.3) is 11.8 Å². The Hall–Kier alpha value is -8.66. The van der Waals surface area contributed by atoms with Gasteiger partial charge in [0.1, 0.15) is 34.3 Å². The summed E-state index contributed by atoms with van der Waals surface area (Å²) in [5, 5.41) is 8.29. The Morgan fingerprint density at radius 3 is 0.959 bits per heavy atom. The van der Waals surface area contributed by atoms with Gasteiger partial charge in [-0.1, -0.05) is 108 Å². The largest absolute Gasteiger partial charge is 0.744 e. The average Bonchev–Trinajstić information content (AvgIpc) is 3.39. The van der Waals surface area contributed by atoms with Crippen molar-refractivity contribution in [3.8, 4) is 33.4 Å². The fourth-order valence-corrected chi connectivity index (χ4v) is 8.94. The average molecular weight is 1020 g/mol. The van der Waals surface area contributed by atoms with Crippen LogP contribution in [0.3, 0.4) is 0 Å². The summed E-state index contributed by atoms with van der Waals surface area (Å²) >= 11 is 0. The molecule has 0 spiro atoms. The van der Waals surface area contributed by atoms with Gasteiger partial charge in [-0.05, 0) is 132 Å². The molecule has 370 valence electrons. The number of carbonyl (C=O) groups is 2. The minimum atomic E-state index is -4.27. The van der Waals surface area contributed by atoms with Crippen LogP contribution >= 0.6 is 0 Å². The number of nitrogens with zero attached hydrogens (tertiary/aromatic N) is 2. The normalized spacial score (nSPS) is 11.2. The number of carbonyl (C=O) groups excluding carboxylic acids is 2. The van der Waals surface area contributed by atoms with Crippen LogP contribution in [-0.2, 0) is 34.3 Å². The third-order valence-corrected chi connectivity index (χ3v) is 13.9. The number of nitrogens with one attached hydrogen (secondary N) is 2. The van der Waals surface area contributed by atoms with Crippen LogP contribution in [0.15, 0.2) is 228 Å². The second-order valence-electron chi connectivity index (χ2n) is 17.5. The quantitative estimate of drug-likeness (QED) is 0.106. The highest BCUT2D eigenvalue weighted by Gasteiger charge is 2.13. The Morgan fingerprint density at radius 2 is 0.676 bits per heavy atom. The first-order valence-corrected chi connectivity index (χ1v) is 26.1. The van der Waals surface area contributed by atoms with Gasteiger partial charge in [-0.2, -0.15) is 0 Å². The fourth-order valence-electron chi connectivity index (χ4n) is 8.00. The first-order chi connectivity index (χ1) is 35.4. The van der Waals surface area contributed by atoms with E-state index < -0.39 is 20.2 Å². The van der Waals surface area contributed by atoms with Gasteiger partial charge < -0.3 is 19.7 Å². The van der Waals surface area contributed by atoms with Crippen molar-refractivity contribution in [1.29, 1.82) is 0 Å². The van der Waals surface area contributed by atoms with Crippen molar-refractivity contribution in [2.45, 2.75) is 23.6 Å². The lowest BCUT2D eigenvalue weighted by molar-refractivity contribution is -0.645. The molecule has 0 saturated carbocycles. The Labute approximate surface area is 430 Å². The maximum absolute atomic E-state index is 13.0. The molecule has 0 aliphatic carbocycles. The zero-order chi connectivity index (χ0) is 52.6. The smallest absolute Gasteiger partial charge is 0.255 e. The van der Waals surface area contributed by atoms with E-state index >= 15 is 0 Å². The molecule has 0 aliphatic rings. The van der Waals surface area contributed by atoms with E-state index in [9.17, 15) is 35.5 Å². The summed E-state index contributed by atoms with van der Waals surface area (Å²) < 4.78 is 66.4. The lowest BCUT2D eigenvalue weighted by atomic mass is 9.97. The SMILES string of the molecule is C[n+]1cccc2ccc(NC(=O)c3ccc(-c4ccc(-c5ccc(-c6ccc(C(=O)Nc7ccc8ccc[n+](C)c8c7)cc6)cc5)cc4)cc3)cc21.Cc1ccc(S(=O)(=O)[O-])cc1.Cc1ccc(S(=O)(=O)[O-])cc1. The van der Waals surface area contributed by atoms with Gasteiger partial charge in [-0.3, -0.25) is 9.59 Å². The number of hydrogen-bond donors (Lipinski definition) is 2. The predicted molar refractivity (Wildman–Crippen MR) is 287 cm³/mol. The van der Waals surface area contributed by atoms with E-state index in [4.69, 9.17) is 0 Å². The molecule has 12 nitrogen and oxygen atoms in total. The van der Waals surface area contributed by atoms with Gasteiger partial charge >= 0.3 is 0 Å². The topological polar surface area (TPSA) is 180 Å². The van der Waals surface area contributed by atoms with Gasteiger partial charge in [-0.15, -0.1) is 0 Å². The second-order valence-corrected chi connectivity index (χ2v) is 20.3. The van der Waals surface area contributed by atoms with Gasteiger partial charge in [-0.25, -0.2) is 26.0 Å². The number of aromatic nitrogens is 2. The third kappa shape index (κ3) is 13.1. The van der Waals surface area contributed by atoms with E-state index in [0.29, 0.717) is 11.1 Å². The van der Waals surface area contributed by atoms with Crippen molar-refractivity contribution in [2.75, 3.05) is 10.6 Å². The van der Waals surface area contributed by atoms with Crippen LogP contribution in [0.4, 0.5) is 11.4 Å². The molecule has 2 N–H and O–H groups in total. The van der Waals surface area contributed by atoms with Gasteiger partial charge in [0, 0.05) is 57.5 Å². The zero-order valence-corrected chi connectivity index (χ0v) is 42.4. The number of anilines is 2. The highest BCUT2D eigenvalue weighted by molar-refractivity contribution is 7.86. The molecule has 0 saturated heterocycles. The molecule has 0 unspecified atom stereocenters. The molecular weight excluding hydrogens is 969 g/mol. The zero-order valence-electron chi connectivity index (χ0n) is 40.8. The predicted octanol–water partition coefficient (Wildman–Crippen LogP) is 10.9. The lowest BCUT2D eigenvalue weighted by Gasteiger charge is -2.09. The van der Waals surface area contributed by atoms with Crippen LogP contribution in [0, 0.1) is 13.8 Å². The monoisotopic (exact) mass is 1020 g/mol. The molecule has 10 rings (SSSR count). The van der Waals surface area contributed by atoms with Crippen molar-refractivity contribution in [1.82, 2.24) is 0 Å². The minimum Gasteiger partial charge on any atom is -0.744 e. The molecule has 0 bridgehead atoms. The fraction of sp³-hybridized carbons (Fsp3) is 0.0667. The molecule has 10 aromatic rings. The Kier molecular flexibility index (Phi) is 15.6. The number of rotatable bonds is 9. The molecule has 0 atom stereocenters. The maximum Gasteiger partial charge on any atom is 0.255 e. The summed E-state index contributed by atoms with van der Waals surface area (Å²) in [7, 11) is -4.55. The molecule has 2 amide bonds. The van der Waals surface area contributed by atoms with Crippen LogP contribution in [0.25, 0.3) is 55.2 Å². The summed E-state index contributed by atoms with van der Waals surface area (Å²) in [4.78, 5) is 25.7. The van der Waals surface area contributed by atoms with Crippen LogP contribution in [0.5, 0.6) is 0 Å². The second kappa shape index (κ2) is 22.4. The van der Waals surface area contributed by atoms with Crippen molar-refractivity contribution >= 4 is 65.2 Å². The Balaban J connectivity index is 0.000000273. The van der Waals surface area contributed by atoms with Gasteiger partial charge in [0.15, 0.2) is 12.4 Å². The molecule has 74 heavy (non-hydrogen) atoms. The number of fused-ring (bicyclic) bond motifs is 2. The highest BCUT2D eigenvalue weighted by Crippen LogP contribution is 2.29. The van der Waals surface area contributed by atoms with E-state index in [2.05, 4.69) is 71.3 Å². The van der Waals surface area contributed by atoms with Crippen LogP contribution in [0.1, 0.15) is 31.8 Å². The summed E-state index contributed by atoms with van der Waals surface area (Å²) in [5.41, 5.74) is 13.2. The van der Waals surface area contributed by atoms with Gasteiger partial charge in [0.05, 0.1) is 9.79 Å². The summed E-state index contributed by atoms with van der Waals surface area (Å²) in [6.07, 6.45) is 3.99. The van der Waals surface area contributed by atoms with E-state index in [0.717, 1.165) is 77.7 Å². The van der Waals surface area contributed by atoms with E-state index in [1.54, 1.807) is 24.3 Å². The van der Waals surface area contributed by atoms with Crippen molar-refractivity contribution in [2.24, 2.45) is 14.1 Å². The van der Waals surface area contributed by atoms with E-state index in [1.165, 1.54) is 24.3 Å². The maximum atomic E-state index is 13.0. The van der Waals surface area contributed by atoms with Crippen LogP contribution in [-0.4, -0.2) is 37.8 Å². The molecule has 2 aromatic heterocycles. The number of pyridine rings is 2. The van der Waals surface area contributed by atoms with Crippen molar-refractivity contribution in [3.05, 3.63) is 241 Å². The van der Waals surface area contributed by atoms with E-state index in [1.807, 2.05) is 147 Å². The Bertz CT molecular complexity index is 3610. The molecule has 2 heterocycles. The number of aryl methyl sites for hydroxylation is 4. The molecule has 0 radical (unpaired) electrons.